The SMILES string of the molecule is Nc1nc2c(ncn2-n2nnc3c(=O)[nH]c(N)nc32)c(=O)[nH]1. The number of rotatable bonds is 1. The number of hydrogen-bond acceptors (Lipinski definition) is 9. The third-order valence-electron chi connectivity index (χ3n) is 2.93. The number of H-pyrrole nitrogens is 2. The Labute approximate surface area is 118 Å². The molecule has 13 nitrogen and oxygen atoms in total. The van der Waals surface area contributed by atoms with Crippen LogP contribution in [0.15, 0.2) is 15.9 Å². The number of nitrogens with two attached hydrogens (primary N) is 2. The first-order chi connectivity index (χ1) is 10.5. The van der Waals surface area contributed by atoms with Gasteiger partial charge in [-0.2, -0.15) is 14.6 Å². The van der Waals surface area contributed by atoms with E-state index in [2.05, 4.69) is 35.2 Å². The highest BCUT2D eigenvalue weighted by molar-refractivity contribution is 5.73. The number of nitrogen functional groups attached to an aromatic ring is 2. The minimum atomic E-state index is -0.538. The molecule has 0 atom stereocenters. The molecule has 110 valence electrons. The van der Waals surface area contributed by atoms with E-state index in [0.717, 1.165) is 4.79 Å². The van der Waals surface area contributed by atoms with Gasteiger partial charge in [0.25, 0.3) is 11.1 Å². The van der Waals surface area contributed by atoms with E-state index in [9.17, 15) is 9.59 Å². The topological polar surface area (TPSA) is 192 Å². The number of aromatic nitrogens is 9. The minimum Gasteiger partial charge on any atom is -0.369 e. The summed E-state index contributed by atoms with van der Waals surface area (Å²) in [6, 6.07) is 0. The molecule has 0 aliphatic carbocycles. The zero-order chi connectivity index (χ0) is 15.4. The normalized spacial score (nSPS) is 11.5. The smallest absolute Gasteiger partial charge is 0.282 e. The maximum absolute atomic E-state index is 11.8. The highest BCUT2D eigenvalue weighted by Crippen LogP contribution is 2.10. The van der Waals surface area contributed by atoms with Gasteiger partial charge in [-0.15, -0.1) is 9.89 Å². The Hall–Kier alpha value is -3.77. The quantitative estimate of drug-likeness (QED) is 0.292. The molecule has 0 spiro atoms. The van der Waals surface area contributed by atoms with Gasteiger partial charge in [0.05, 0.1) is 0 Å². The summed E-state index contributed by atoms with van der Waals surface area (Å²) in [4.78, 5) is 41.2. The van der Waals surface area contributed by atoms with Gasteiger partial charge in [-0.25, -0.2) is 4.98 Å². The van der Waals surface area contributed by atoms with Gasteiger partial charge >= 0.3 is 0 Å². The highest BCUT2D eigenvalue weighted by atomic mass is 16.1. The molecule has 0 amide bonds. The van der Waals surface area contributed by atoms with Crippen LogP contribution in [-0.2, 0) is 0 Å². The Bertz CT molecular complexity index is 1050. The number of nitrogens with zero attached hydrogens (tertiary/aromatic N) is 7. The van der Waals surface area contributed by atoms with E-state index in [4.69, 9.17) is 11.5 Å². The Morgan fingerprint density at radius 3 is 2.32 bits per heavy atom. The van der Waals surface area contributed by atoms with Gasteiger partial charge in [-0.1, -0.05) is 0 Å². The van der Waals surface area contributed by atoms with Crippen molar-refractivity contribution >= 4 is 34.2 Å². The van der Waals surface area contributed by atoms with Gasteiger partial charge in [0.2, 0.25) is 17.5 Å². The maximum atomic E-state index is 11.8. The van der Waals surface area contributed by atoms with Gasteiger partial charge in [0.1, 0.15) is 6.33 Å². The molecular weight excluding hydrogens is 294 g/mol. The fourth-order valence-electron chi connectivity index (χ4n) is 2.03. The van der Waals surface area contributed by atoms with Crippen molar-refractivity contribution in [2.45, 2.75) is 0 Å². The molecule has 0 bridgehead atoms. The summed E-state index contributed by atoms with van der Waals surface area (Å²) in [5.74, 6) is -0.190. The number of fused-ring (bicyclic) bond motifs is 2. The van der Waals surface area contributed by atoms with Crippen LogP contribution >= 0.6 is 0 Å². The summed E-state index contributed by atoms with van der Waals surface area (Å²) in [6.45, 7) is 0. The fraction of sp³-hybridized carbons (Fsp3) is 0. The summed E-state index contributed by atoms with van der Waals surface area (Å²) >= 11 is 0. The van der Waals surface area contributed by atoms with Crippen molar-refractivity contribution in [1.29, 1.82) is 0 Å². The van der Waals surface area contributed by atoms with Gasteiger partial charge < -0.3 is 11.5 Å². The summed E-state index contributed by atoms with van der Waals surface area (Å²) < 4.78 is 1.28. The molecule has 0 aliphatic heterocycles. The number of aromatic amines is 2. The van der Waals surface area contributed by atoms with Gasteiger partial charge in [0, 0.05) is 0 Å². The number of nitrogens with one attached hydrogen (secondary N) is 2. The molecule has 6 N–H and O–H groups in total. The third-order valence-corrected chi connectivity index (χ3v) is 2.93. The van der Waals surface area contributed by atoms with E-state index < -0.39 is 11.1 Å². The van der Waals surface area contributed by atoms with E-state index in [1.165, 1.54) is 11.0 Å². The molecule has 13 heteroatoms. The first-order valence-electron chi connectivity index (χ1n) is 5.89. The average Bonchev–Trinajstić information content (AvgIpc) is 3.02. The lowest BCUT2D eigenvalue weighted by Gasteiger charge is -2.03. The lowest BCUT2D eigenvalue weighted by atomic mass is 10.5. The van der Waals surface area contributed by atoms with Crippen LogP contribution in [-0.4, -0.2) is 44.7 Å². The lowest BCUT2D eigenvalue weighted by molar-refractivity contribution is 0.575. The van der Waals surface area contributed by atoms with Crippen molar-refractivity contribution in [2.24, 2.45) is 0 Å². The summed E-state index contributed by atoms with van der Waals surface area (Å²) in [5, 5.41) is 7.53. The second kappa shape index (κ2) is 3.87. The van der Waals surface area contributed by atoms with Gasteiger partial charge in [-0.05, 0) is 5.21 Å². The van der Waals surface area contributed by atoms with Gasteiger partial charge in [-0.3, -0.25) is 19.6 Å². The van der Waals surface area contributed by atoms with Crippen LogP contribution in [0.3, 0.4) is 0 Å². The first kappa shape index (κ1) is 12.0. The first-order valence-corrected chi connectivity index (χ1v) is 5.89. The van der Waals surface area contributed by atoms with Crippen LogP contribution in [0.1, 0.15) is 0 Å². The van der Waals surface area contributed by atoms with E-state index in [0.29, 0.717) is 0 Å². The van der Waals surface area contributed by atoms with Crippen molar-refractivity contribution in [3.63, 3.8) is 0 Å². The van der Waals surface area contributed by atoms with E-state index >= 15 is 0 Å². The second-order valence-corrected chi connectivity index (χ2v) is 4.31. The van der Waals surface area contributed by atoms with Crippen molar-refractivity contribution in [1.82, 2.24) is 44.7 Å². The molecule has 4 aromatic heterocycles. The molecule has 0 unspecified atom stereocenters. The van der Waals surface area contributed by atoms with E-state index in [-0.39, 0.29) is 34.2 Å². The molecule has 22 heavy (non-hydrogen) atoms. The Morgan fingerprint density at radius 1 is 0.955 bits per heavy atom. The number of anilines is 2. The summed E-state index contributed by atoms with van der Waals surface area (Å²) in [5.41, 5.74) is 10.2. The zero-order valence-corrected chi connectivity index (χ0v) is 10.7. The fourth-order valence-corrected chi connectivity index (χ4v) is 2.03. The van der Waals surface area contributed by atoms with Crippen LogP contribution in [0.4, 0.5) is 11.9 Å². The standard InChI is InChI=1S/C9H7N11O2/c10-8-13-4-2(6(21)15-8)12-1-19(4)20-5-3(17-18-20)7(22)16-9(11)14-5/h1H,(H3,10,13,15,21)(H3,11,14,16,22). The van der Waals surface area contributed by atoms with Crippen LogP contribution in [0.25, 0.3) is 22.3 Å². The predicted molar refractivity (Wildman–Crippen MR) is 73.7 cm³/mol. The molecule has 4 aromatic rings. The highest BCUT2D eigenvalue weighted by Gasteiger charge is 2.16. The Balaban J connectivity index is 2.12. The van der Waals surface area contributed by atoms with Crippen molar-refractivity contribution in [3.8, 4) is 0 Å². The molecule has 0 fully saturated rings. The van der Waals surface area contributed by atoms with E-state index in [1.54, 1.807) is 0 Å². The zero-order valence-electron chi connectivity index (χ0n) is 10.7. The van der Waals surface area contributed by atoms with E-state index in [1.807, 2.05) is 0 Å². The average molecular weight is 301 g/mol. The molecule has 0 radical (unpaired) electrons. The summed E-state index contributed by atoms with van der Waals surface area (Å²) in [7, 11) is 0. The molecule has 0 aliphatic rings. The monoisotopic (exact) mass is 301 g/mol. The molecule has 4 heterocycles. The maximum Gasteiger partial charge on any atom is 0.282 e. The molecule has 0 saturated carbocycles. The number of imidazole rings is 1. The third kappa shape index (κ3) is 1.49. The number of hydrogen-bond donors (Lipinski definition) is 4. The van der Waals surface area contributed by atoms with Crippen LogP contribution < -0.4 is 22.6 Å². The second-order valence-electron chi connectivity index (χ2n) is 4.31. The Kier molecular flexibility index (Phi) is 2.11. The Morgan fingerprint density at radius 2 is 1.59 bits per heavy atom. The predicted octanol–water partition coefficient (Wildman–Crippen LogP) is -2.58. The van der Waals surface area contributed by atoms with Crippen LogP contribution in [0, 0.1) is 0 Å². The molecule has 0 saturated heterocycles. The lowest BCUT2D eigenvalue weighted by Crippen LogP contribution is -2.17. The van der Waals surface area contributed by atoms with Crippen molar-refractivity contribution in [2.75, 3.05) is 11.5 Å². The summed E-state index contributed by atoms with van der Waals surface area (Å²) in [6.07, 6.45) is 1.28. The van der Waals surface area contributed by atoms with Crippen LogP contribution in [0.2, 0.25) is 0 Å². The minimum absolute atomic E-state index is 0.0196. The molecule has 0 aromatic carbocycles. The van der Waals surface area contributed by atoms with Crippen molar-refractivity contribution < 1.29 is 0 Å². The molecule has 4 rings (SSSR count). The van der Waals surface area contributed by atoms with Gasteiger partial charge in [0.15, 0.2) is 16.7 Å². The largest absolute Gasteiger partial charge is 0.369 e. The van der Waals surface area contributed by atoms with Crippen molar-refractivity contribution in [3.05, 3.63) is 27.0 Å². The van der Waals surface area contributed by atoms with Crippen LogP contribution in [0.5, 0.6) is 0 Å². The molecular formula is C9H7N11O2.